The molecule has 4 nitrogen and oxygen atoms in total. The van der Waals surface area contributed by atoms with E-state index in [1.807, 2.05) is 12.1 Å². The first-order valence-electron chi connectivity index (χ1n) is 6.21. The van der Waals surface area contributed by atoms with Crippen molar-refractivity contribution in [3.63, 3.8) is 0 Å². The maximum atomic E-state index is 11.5. The van der Waals surface area contributed by atoms with Crippen LogP contribution in [0.1, 0.15) is 17.5 Å². The lowest BCUT2D eigenvalue weighted by Gasteiger charge is -2.11. The lowest BCUT2D eigenvalue weighted by molar-refractivity contribution is -0.121. The smallest absolute Gasteiger partial charge is 0.221 e. The monoisotopic (exact) mass is 250 g/mol. The van der Waals surface area contributed by atoms with Gasteiger partial charge in [0.1, 0.15) is 0 Å². The SMILES string of the molecule is COCCNC(=O)CCNc1cccc(C)c1C. The second kappa shape index (κ2) is 7.71. The quantitative estimate of drug-likeness (QED) is 0.726. The fourth-order valence-corrected chi connectivity index (χ4v) is 1.63. The van der Waals surface area contributed by atoms with Gasteiger partial charge in [-0.3, -0.25) is 4.79 Å². The lowest BCUT2D eigenvalue weighted by Crippen LogP contribution is -2.28. The average Bonchev–Trinajstić information content (AvgIpc) is 2.35. The molecule has 4 heteroatoms. The molecule has 18 heavy (non-hydrogen) atoms. The predicted octanol–water partition coefficient (Wildman–Crippen LogP) is 1.87. The van der Waals surface area contributed by atoms with E-state index in [2.05, 4.69) is 30.5 Å². The fourth-order valence-electron chi connectivity index (χ4n) is 1.63. The minimum atomic E-state index is 0.0462. The normalized spacial score (nSPS) is 10.2. The number of carbonyl (C=O) groups is 1. The molecule has 100 valence electrons. The van der Waals surface area contributed by atoms with Crippen molar-refractivity contribution in [1.82, 2.24) is 5.32 Å². The van der Waals surface area contributed by atoms with Gasteiger partial charge >= 0.3 is 0 Å². The highest BCUT2D eigenvalue weighted by atomic mass is 16.5. The number of ether oxygens (including phenoxy) is 1. The van der Waals surface area contributed by atoms with Crippen LogP contribution in [-0.2, 0) is 9.53 Å². The number of carbonyl (C=O) groups excluding carboxylic acids is 1. The third-order valence-corrected chi connectivity index (χ3v) is 2.90. The van der Waals surface area contributed by atoms with Crippen molar-refractivity contribution in [1.29, 1.82) is 0 Å². The van der Waals surface area contributed by atoms with E-state index in [0.717, 1.165) is 5.69 Å². The van der Waals surface area contributed by atoms with Crippen LogP contribution in [0.25, 0.3) is 0 Å². The number of nitrogens with one attached hydrogen (secondary N) is 2. The Hall–Kier alpha value is -1.55. The minimum absolute atomic E-state index is 0.0462. The summed E-state index contributed by atoms with van der Waals surface area (Å²) in [5.74, 6) is 0.0462. The van der Waals surface area contributed by atoms with E-state index in [9.17, 15) is 4.79 Å². The summed E-state index contributed by atoms with van der Waals surface area (Å²) in [5, 5.41) is 6.07. The zero-order valence-corrected chi connectivity index (χ0v) is 11.4. The Balaban J connectivity index is 2.29. The first kappa shape index (κ1) is 14.5. The molecule has 0 aliphatic rings. The largest absolute Gasteiger partial charge is 0.384 e. The van der Waals surface area contributed by atoms with Gasteiger partial charge in [-0.2, -0.15) is 0 Å². The molecule has 0 fully saturated rings. The zero-order valence-electron chi connectivity index (χ0n) is 11.4. The number of rotatable bonds is 7. The van der Waals surface area contributed by atoms with Crippen LogP contribution in [0.15, 0.2) is 18.2 Å². The van der Waals surface area contributed by atoms with Crippen molar-refractivity contribution in [3.8, 4) is 0 Å². The van der Waals surface area contributed by atoms with Gasteiger partial charge in [-0.1, -0.05) is 12.1 Å². The Morgan fingerprint density at radius 3 is 2.78 bits per heavy atom. The van der Waals surface area contributed by atoms with E-state index in [1.54, 1.807) is 7.11 Å². The summed E-state index contributed by atoms with van der Waals surface area (Å²) < 4.78 is 4.86. The molecule has 1 aromatic rings. The maximum Gasteiger partial charge on any atom is 0.221 e. The van der Waals surface area contributed by atoms with Crippen LogP contribution in [0, 0.1) is 13.8 Å². The van der Waals surface area contributed by atoms with Crippen LogP contribution < -0.4 is 10.6 Å². The van der Waals surface area contributed by atoms with Crippen LogP contribution in [0.2, 0.25) is 0 Å². The van der Waals surface area contributed by atoms with Gasteiger partial charge < -0.3 is 15.4 Å². The van der Waals surface area contributed by atoms with Gasteiger partial charge in [0.15, 0.2) is 0 Å². The number of hydrogen-bond acceptors (Lipinski definition) is 3. The lowest BCUT2D eigenvalue weighted by atomic mass is 10.1. The summed E-state index contributed by atoms with van der Waals surface area (Å²) in [7, 11) is 1.62. The van der Waals surface area contributed by atoms with E-state index in [4.69, 9.17) is 4.74 Å². The van der Waals surface area contributed by atoms with Crippen molar-refractivity contribution in [2.45, 2.75) is 20.3 Å². The first-order valence-corrected chi connectivity index (χ1v) is 6.21. The average molecular weight is 250 g/mol. The molecule has 0 saturated heterocycles. The third-order valence-electron chi connectivity index (χ3n) is 2.90. The topological polar surface area (TPSA) is 50.4 Å². The summed E-state index contributed by atoms with van der Waals surface area (Å²) in [5.41, 5.74) is 3.58. The van der Waals surface area contributed by atoms with Crippen molar-refractivity contribution >= 4 is 11.6 Å². The Morgan fingerprint density at radius 1 is 1.28 bits per heavy atom. The molecule has 1 aromatic carbocycles. The minimum Gasteiger partial charge on any atom is -0.384 e. The predicted molar refractivity (Wildman–Crippen MR) is 73.9 cm³/mol. The molecule has 0 aliphatic heterocycles. The highest BCUT2D eigenvalue weighted by molar-refractivity contribution is 5.76. The maximum absolute atomic E-state index is 11.5. The van der Waals surface area contributed by atoms with Gasteiger partial charge in [-0.05, 0) is 31.0 Å². The summed E-state index contributed by atoms with van der Waals surface area (Å²) in [6.07, 6.45) is 0.469. The van der Waals surface area contributed by atoms with E-state index in [0.29, 0.717) is 26.1 Å². The summed E-state index contributed by atoms with van der Waals surface area (Å²) >= 11 is 0. The Labute approximate surface area is 109 Å². The fraction of sp³-hybridized carbons (Fsp3) is 0.500. The molecule has 0 heterocycles. The molecular formula is C14H22N2O2. The number of methoxy groups -OCH3 is 1. The summed E-state index contributed by atoms with van der Waals surface area (Å²) in [6, 6.07) is 6.13. The van der Waals surface area contributed by atoms with Gasteiger partial charge in [-0.25, -0.2) is 0 Å². The first-order chi connectivity index (χ1) is 8.65. The zero-order chi connectivity index (χ0) is 13.4. The standard InChI is InChI=1S/C14H22N2O2/c1-11-5-4-6-13(12(11)2)15-8-7-14(17)16-9-10-18-3/h4-6,15H,7-10H2,1-3H3,(H,16,17). The van der Waals surface area contributed by atoms with Crippen molar-refractivity contribution < 1.29 is 9.53 Å². The molecule has 0 saturated carbocycles. The van der Waals surface area contributed by atoms with Crippen molar-refractivity contribution in [2.75, 3.05) is 32.1 Å². The number of amides is 1. The van der Waals surface area contributed by atoms with Gasteiger partial charge in [0, 0.05) is 32.3 Å². The second-order valence-corrected chi connectivity index (χ2v) is 4.27. The molecular weight excluding hydrogens is 228 g/mol. The molecule has 0 radical (unpaired) electrons. The molecule has 0 unspecified atom stereocenters. The third kappa shape index (κ3) is 4.75. The molecule has 0 bridgehead atoms. The number of anilines is 1. The molecule has 0 aliphatic carbocycles. The molecule has 0 aromatic heterocycles. The van der Waals surface area contributed by atoms with Crippen LogP contribution in [-0.4, -0.2) is 32.7 Å². The van der Waals surface area contributed by atoms with Gasteiger partial charge in [0.05, 0.1) is 6.61 Å². The molecule has 1 amide bonds. The highest BCUT2D eigenvalue weighted by Crippen LogP contribution is 2.17. The second-order valence-electron chi connectivity index (χ2n) is 4.27. The van der Waals surface area contributed by atoms with E-state index in [-0.39, 0.29) is 5.91 Å². The van der Waals surface area contributed by atoms with Gasteiger partial charge in [-0.15, -0.1) is 0 Å². The van der Waals surface area contributed by atoms with E-state index in [1.165, 1.54) is 11.1 Å². The van der Waals surface area contributed by atoms with Crippen molar-refractivity contribution in [2.24, 2.45) is 0 Å². The molecule has 0 atom stereocenters. The molecule has 1 rings (SSSR count). The summed E-state index contributed by atoms with van der Waals surface area (Å²) in [4.78, 5) is 11.5. The van der Waals surface area contributed by atoms with E-state index < -0.39 is 0 Å². The van der Waals surface area contributed by atoms with Crippen LogP contribution >= 0.6 is 0 Å². The van der Waals surface area contributed by atoms with Gasteiger partial charge in [0.2, 0.25) is 5.91 Å². The summed E-state index contributed by atoms with van der Waals surface area (Å²) in [6.45, 7) is 5.92. The molecule has 0 spiro atoms. The number of hydrogen-bond donors (Lipinski definition) is 2. The molecule has 2 N–H and O–H groups in total. The highest BCUT2D eigenvalue weighted by Gasteiger charge is 2.02. The van der Waals surface area contributed by atoms with Crippen LogP contribution in [0.5, 0.6) is 0 Å². The number of aryl methyl sites for hydroxylation is 1. The van der Waals surface area contributed by atoms with E-state index >= 15 is 0 Å². The van der Waals surface area contributed by atoms with Crippen LogP contribution in [0.4, 0.5) is 5.69 Å². The van der Waals surface area contributed by atoms with Gasteiger partial charge in [0.25, 0.3) is 0 Å². The Kier molecular flexibility index (Phi) is 6.22. The Bertz CT molecular complexity index is 391. The Morgan fingerprint density at radius 2 is 2.06 bits per heavy atom. The number of benzene rings is 1. The van der Waals surface area contributed by atoms with Crippen LogP contribution in [0.3, 0.4) is 0 Å². The van der Waals surface area contributed by atoms with Crippen molar-refractivity contribution in [3.05, 3.63) is 29.3 Å².